The van der Waals surface area contributed by atoms with Gasteiger partial charge in [-0.15, -0.1) is 0 Å². The molecule has 1 atom stereocenters. The predicted octanol–water partition coefficient (Wildman–Crippen LogP) is 11.6. The van der Waals surface area contributed by atoms with E-state index in [0.29, 0.717) is 72.8 Å². The molecule has 15 nitrogen and oxygen atoms in total. The van der Waals surface area contributed by atoms with Crippen molar-refractivity contribution in [2.45, 2.75) is 119 Å². The van der Waals surface area contributed by atoms with Gasteiger partial charge in [-0.3, -0.25) is 33.3 Å². The van der Waals surface area contributed by atoms with Crippen LogP contribution in [0.15, 0.2) is 109 Å². The van der Waals surface area contributed by atoms with Crippen LogP contribution in [0.2, 0.25) is 0 Å². The van der Waals surface area contributed by atoms with Gasteiger partial charge in [0, 0.05) is 81.9 Å². The van der Waals surface area contributed by atoms with Crippen LogP contribution in [0, 0.1) is 13.8 Å². The standard InChI is InChI=1S/C22H27N3O3.C21H27N3O2.C20H27N3O/c1-15(2)25-21(8-10-23-25)19-12-24(17(4)27)11-9-18(19)14-28-22-7-5-6-16(3)20(22)13-26;1-15(2)24-20(8-10-22-24)18-12-23(4)11-9-17(18)14-26-21-7-5-6-16(3)19(21)13-25;1-4-17-16(7-5-9-20(17)24)11-14-22-13-6-8-18(22)19-10-12-21-23(19)15(2)3/h5-8,10,13,15H,9,11-12,14H2,1-4H3;5-8,10,13,15H,9,11-12,14H2,1-4H3;4-5,7,9-10,12,15,18,24H,1,6,8,11,13-14H2,2-3H3. The summed E-state index contributed by atoms with van der Waals surface area (Å²) in [7, 11) is 2.14. The highest BCUT2D eigenvalue weighted by atomic mass is 16.5. The van der Waals surface area contributed by atoms with Crippen LogP contribution in [0.4, 0.5) is 0 Å². The molecule has 414 valence electrons. The van der Waals surface area contributed by atoms with E-state index in [4.69, 9.17) is 9.47 Å². The van der Waals surface area contributed by atoms with E-state index in [0.717, 1.165) is 103 Å². The van der Waals surface area contributed by atoms with Crippen molar-refractivity contribution in [1.29, 1.82) is 0 Å². The van der Waals surface area contributed by atoms with E-state index in [1.165, 1.54) is 29.7 Å². The van der Waals surface area contributed by atoms with Gasteiger partial charge in [0.2, 0.25) is 5.91 Å². The van der Waals surface area contributed by atoms with Gasteiger partial charge in [0.15, 0.2) is 12.6 Å². The number of benzene rings is 3. The fourth-order valence-corrected chi connectivity index (χ4v) is 10.7. The van der Waals surface area contributed by atoms with Crippen molar-refractivity contribution < 1.29 is 29.0 Å². The minimum Gasteiger partial charge on any atom is -0.507 e. The third-order valence-corrected chi connectivity index (χ3v) is 15.0. The van der Waals surface area contributed by atoms with Crippen molar-refractivity contribution in [3.8, 4) is 17.2 Å². The lowest BCUT2D eigenvalue weighted by atomic mass is 9.97. The van der Waals surface area contributed by atoms with E-state index in [9.17, 15) is 19.5 Å². The maximum atomic E-state index is 12.0. The number of aryl methyl sites for hydroxylation is 2. The van der Waals surface area contributed by atoms with Crippen molar-refractivity contribution in [2.75, 3.05) is 59.5 Å². The van der Waals surface area contributed by atoms with Gasteiger partial charge in [0.05, 0.1) is 34.3 Å². The van der Waals surface area contributed by atoms with Gasteiger partial charge in [0.1, 0.15) is 30.5 Å². The summed E-state index contributed by atoms with van der Waals surface area (Å²) in [4.78, 5) is 41.5. The van der Waals surface area contributed by atoms with Crippen molar-refractivity contribution in [3.05, 3.63) is 160 Å². The minimum absolute atomic E-state index is 0.0648. The molecule has 1 fully saturated rings. The Balaban J connectivity index is 0.000000170. The number of aldehydes is 2. The van der Waals surface area contributed by atoms with Crippen molar-refractivity contribution in [3.63, 3.8) is 0 Å². The molecule has 0 bridgehead atoms. The van der Waals surface area contributed by atoms with Gasteiger partial charge < -0.3 is 24.4 Å². The second-order valence-corrected chi connectivity index (χ2v) is 21.4. The number of rotatable bonds is 18. The highest BCUT2D eigenvalue weighted by Crippen LogP contribution is 2.35. The lowest BCUT2D eigenvalue weighted by molar-refractivity contribution is -0.128. The number of phenols is 1. The summed E-state index contributed by atoms with van der Waals surface area (Å²) in [6.07, 6.45) is 14.1. The fourth-order valence-electron chi connectivity index (χ4n) is 10.7. The van der Waals surface area contributed by atoms with Gasteiger partial charge in [-0.25, -0.2) is 0 Å². The summed E-state index contributed by atoms with van der Waals surface area (Å²) in [6.45, 7) is 28.2. The molecule has 3 aromatic heterocycles. The monoisotopic (exact) mass is 1060 g/mol. The summed E-state index contributed by atoms with van der Waals surface area (Å²) >= 11 is 0. The minimum atomic E-state index is 0.0648. The molecular formula is C63H81N9O6. The maximum Gasteiger partial charge on any atom is 0.219 e. The van der Waals surface area contributed by atoms with E-state index < -0.39 is 0 Å². The van der Waals surface area contributed by atoms with Gasteiger partial charge >= 0.3 is 0 Å². The van der Waals surface area contributed by atoms with E-state index in [1.807, 2.05) is 84.4 Å². The number of nitrogens with zero attached hydrogens (tertiary/aromatic N) is 9. The Morgan fingerprint density at radius 3 is 1.76 bits per heavy atom. The molecule has 15 heteroatoms. The molecule has 3 aliphatic heterocycles. The molecule has 1 amide bonds. The Morgan fingerprint density at radius 2 is 1.22 bits per heavy atom. The maximum absolute atomic E-state index is 12.0. The first-order valence-corrected chi connectivity index (χ1v) is 27.5. The Labute approximate surface area is 461 Å². The summed E-state index contributed by atoms with van der Waals surface area (Å²) in [6, 6.07) is 24.6. The number of likely N-dealkylation sites (N-methyl/N-ethyl adjacent to an activating group) is 1. The molecular weight excluding hydrogens is 979 g/mol. The zero-order chi connectivity index (χ0) is 56.0. The average Bonchev–Trinajstić information content (AvgIpc) is 4.31. The smallest absolute Gasteiger partial charge is 0.219 e. The molecule has 6 heterocycles. The van der Waals surface area contributed by atoms with E-state index in [2.05, 4.69) is 108 Å². The van der Waals surface area contributed by atoms with Gasteiger partial charge in [-0.05, 0) is 176 Å². The molecule has 3 aromatic carbocycles. The molecule has 0 radical (unpaired) electrons. The zero-order valence-corrected chi connectivity index (χ0v) is 47.6. The van der Waals surface area contributed by atoms with Crippen molar-refractivity contribution >= 4 is 35.7 Å². The lowest BCUT2D eigenvalue weighted by Gasteiger charge is -2.31. The lowest BCUT2D eigenvalue weighted by Crippen LogP contribution is -2.36. The first-order valence-electron chi connectivity index (χ1n) is 27.5. The van der Waals surface area contributed by atoms with E-state index in [1.54, 1.807) is 25.3 Å². The highest BCUT2D eigenvalue weighted by molar-refractivity contribution is 5.82. The third kappa shape index (κ3) is 14.0. The van der Waals surface area contributed by atoms with E-state index in [-0.39, 0.29) is 11.9 Å². The molecule has 1 N–H and O–H groups in total. The first kappa shape index (κ1) is 58.3. The van der Waals surface area contributed by atoms with Crippen LogP contribution in [-0.2, 0) is 11.2 Å². The number of amides is 1. The number of phenolic OH excluding ortho intramolecular Hbond substituents is 1. The number of aromatic hydroxyl groups is 1. The highest BCUT2D eigenvalue weighted by Gasteiger charge is 2.30. The van der Waals surface area contributed by atoms with Crippen LogP contribution in [0.5, 0.6) is 17.2 Å². The topological polar surface area (TPSA) is 153 Å². The fraction of sp³-hybridized carbons (Fsp3) is 0.429. The molecule has 9 rings (SSSR count). The number of hydrogen-bond donors (Lipinski definition) is 1. The summed E-state index contributed by atoms with van der Waals surface area (Å²) in [5, 5.41) is 23.4. The van der Waals surface area contributed by atoms with Crippen LogP contribution < -0.4 is 9.47 Å². The Kier molecular flexibility index (Phi) is 20.4. The molecule has 0 aliphatic carbocycles. The molecule has 0 saturated carbocycles. The average molecular weight is 1060 g/mol. The number of likely N-dealkylation sites (tertiary alicyclic amines) is 1. The normalized spacial score (nSPS) is 16.1. The van der Waals surface area contributed by atoms with E-state index >= 15 is 0 Å². The van der Waals surface area contributed by atoms with Crippen LogP contribution in [0.25, 0.3) is 17.2 Å². The Bertz CT molecular complexity index is 3080. The Morgan fingerprint density at radius 1 is 0.692 bits per heavy atom. The van der Waals surface area contributed by atoms with Crippen LogP contribution in [-0.4, -0.2) is 127 Å². The Hall–Kier alpha value is -7.36. The number of aromatic nitrogens is 6. The molecule has 6 aromatic rings. The molecule has 78 heavy (non-hydrogen) atoms. The van der Waals surface area contributed by atoms with Crippen LogP contribution in [0.3, 0.4) is 0 Å². The van der Waals surface area contributed by atoms with Crippen LogP contribution in [0.1, 0.15) is 158 Å². The number of ether oxygens (including phenoxy) is 2. The SMILES string of the molecule is C=Cc1c(O)cccc1CCN1CCCC1c1ccnn1C(C)C.CC(=O)N1CCC(COc2cccc(C)c2C=O)=C(c2ccnn2C(C)C)C1.Cc1cccc(OCC2=C(c3ccnn3C(C)C)CN(C)CC2)c1C=O. The number of hydrogen-bond acceptors (Lipinski definition) is 11. The van der Waals surface area contributed by atoms with Gasteiger partial charge in [-0.1, -0.05) is 49.1 Å². The summed E-state index contributed by atoms with van der Waals surface area (Å²) in [5.74, 6) is 1.63. The second-order valence-electron chi connectivity index (χ2n) is 21.4. The molecule has 0 spiro atoms. The zero-order valence-electron chi connectivity index (χ0n) is 47.6. The largest absolute Gasteiger partial charge is 0.507 e. The summed E-state index contributed by atoms with van der Waals surface area (Å²) < 4.78 is 18.3. The van der Waals surface area contributed by atoms with Gasteiger partial charge in [-0.2, -0.15) is 15.3 Å². The molecule has 1 unspecified atom stereocenters. The van der Waals surface area contributed by atoms with Gasteiger partial charge in [0.25, 0.3) is 0 Å². The third-order valence-electron chi connectivity index (χ3n) is 15.0. The second kappa shape index (κ2) is 27.3. The molecule has 1 saturated heterocycles. The van der Waals surface area contributed by atoms with Crippen molar-refractivity contribution in [1.82, 2.24) is 44.0 Å². The quantitative estimate of drug-likeness (QED) is 0.0818. The predicted molar refractivity (Wildman–Crippen MR) is 310 cm³/mol. The molecule has 3 aliphatic rings. The number of carbonyl (C=O) groups is 3. The summed E-state index contributed by atoms with van der Waals surface area (Å²) in [5.41, 5.74) is 13.3. The number of carbonyl (C=O) groups excluding carboxylic acids is 3. The van der Waals surface area contributed by atoms with Crippen molar-refractivity contribution in [2.24, 2.45) is 0 Å². The first-order chi connectivity index (χ1) is 37.5. The van der Waals surface area contributed by atoms with Crippen LogP contribution >= 0.6 is 0 Å².